The van der Waals surface area contributed by atoms with Gasteiger partial charge in [-0.15, -0.1) is 0 Å². The van der Waals surface area contributed by atoms with E-state index >= 15 is 0 Å². The van der Waals surface area contributed by atoms with Crippen molar-refractivity contribution >= 4 is 22.6 Å². The summed E-state index contributed by atoms with van der Waals surface area (Å²) in [6.45, 7) is 0. The lowest BCUT2D eigenvalue weighted by molar-refractivity contribution is -0.640. The van der Waals surface area contributed by atoms with E-state index in [1.165, 1.54) is 10.7 Å². The maximum absolute atomic E-state index is 11.6. The number of benzene rings is 1. The number of aromatic carboxylic acids is 1. The third-order valence-corrected chi connectivity index (χ3v) is 2.48. The van der Waals surface area contributed by atoms with Crippen LogP contribution in [0, 0.1) is 5.21 Å². The Kier molecular flexibility index (Phi) is 1.76. The fraction of sp³-hybridized carbons (Fsp3) is 0. The predicted octanol–water partition coefficient (Wildman–Crippen LogP) is 0.214. The number of hydrogen-bond acceptors (Lipinski definition) is 4. The number of hydrogen-bond donors (Lipinski definition) is 1. The lowest BCUT2D eigenvalue weighted by Gasteiger charge is -2.00. The third-order valence-electron chi connectivity index (χ3n) is 2.48. The third kappa shape index (κ3) is 1.22. The van der Waals surface area contributed by atoms with Crippen LogP contribution in [0.5, 0.6) is 0 Å². The number of para-hydroxylation sites is 2. The molecule has 0 saturated heterocycles. The maximum Gasteiger partial charge on any atom is 0.341 e. The molecule has 0 spiro atoms. The topological polar surface area (TPSA) is 94.4 Å². The number of fused-ring (bicyclic) bond motifs is 3. The number of rotatable bonds is 1. The van der Waals surface area contributed by atoms with Gasteiger partial charge in [0.15, 0.2) is 0 Å². The van der Waals surface area contributed by atoms with Crippen molar-refractivity contribution in [3.05, 3.63) is 41.2 Å². The second-order valence-electron chi connectivity index (χ2n) is 3.46. The van der Waals surface area contributed by atoms with Crippen LogP contribution < -0.4 is 4.85 Å². The molecule has 2 aromatic heterocycles. The van der Waals surface area contributed by atoms with E-state index in [4.69, 9.17) is 5.11 Å². The Balaban J connectivity index is 2.54. The molecule has 3 rings (SSSR count). The summed E-state index contributed by atoms with van der Waals surface area (Å²) in [5.41, 5.74) is 0.784. The first kappa shape index (κ1) is 9.52. The smallest absolute Gasteiger partial charge is 0.341 e. The largest absolute Gasteiger partial charge is 0.594 e. The average molecular weight is 230 g/mol. The van der Waals surface area contributed by atoms with Crippen LogP contribution >= 0.6 is 0 Å². The van der Waals surface area contributed by atoms with Crippen LogP contribution in [0.1, 0.15) is 10.4 Å². The molecule has 17 heavy (non-hydrogen) atoms. The van der Waals surface area contributed by atoms with Gasteiger partial charge in [-0.2, -0.15) is 5.10 Å². The van der Waals surface area contributed by atoms with Gasteiger partial charge in [0.25, 0.3) is 5.52 Å². The number of carboxylic acids is 1. The van der Waals surface area contributed by atoms with Gasteiger partial charge in [-0.3, -0.25) is 0 Å². The number of aromatic nitrogens is 4. The van der Waals surface area contributed by atoms with Gasteiger partial charge >= 0.3 is 5.97 Å². The predicted molar refractivity (Wildman–Crippen MR) is 56.4 cm³/mol. The van der Waals surface area contributed by atoms with E-state index in [-0.39, 0.29) is 11.2 Å². The summed E-state index contributed by atoms with van der Waals surface area (Å²) in [5.74, 6) is -1.16. The van der Waals surface area contributed by atoms with Gasteiger partial charge in [0, 0.05) is 11.2 Å². The number of nitrogens with zero attached hydrogens (tertiary/aromatic N) is 4. The van der Waals surface area contributed by atoms with Crippen molar-refractivity contribution < 1.29 is 14.7 Å². The van der Waals surface area contributed by atoms with Crippen molar-refractivity contribution in [3.8, 4) is 0 Å². The van der Waals surface area contributed by atoms with Crippen LogP contribution in [0.25, 0.3) is 16.7 Å². The molecule has 2 heterocycles. The zero-order valence-corrected chi connectivity index (χ0v) is 8.44. The summed E-state index contributed by atoms with van der Waals surface area (Å²) >= 11 is 0. The Hall–Kier alpha value is -2.70. The van der Waals surface area contributed by atoms with Gasteiger partial charge in [-0.05, 0) is 10.9 Å². The highest BCUT2D eigenvalue weighted by atomic mass is 16.5. The summed E-state index contributed by atoms with van der Waals surface area (Å²) in [7, 11) is 0. The van der Waals surface area contributed by atoms with Crippen LogP contribution in [0.2, 0.25) is 0 Å². The number of carbonyl (C=O) groups is 1. The fourth-order valence-corrected chi connectivity index (χ4v) is 1.71. The summed E-state index contributed by atoms with van der Waals surface area (Å²) in [4.78, 5) is 11.3. The van der Waals surface area contributed by atoms with E-state index in [0.717, 1.165) is 0 Å². The van der Waals surface area contributed by atoms with Crippen LogP contribution in [0.4, 0.5) is 0 Å². The molecule has 84 valence electrons. The van der Waals surface area contributed by atoms with Gasteiger partial charge < -0.3 is 10.3 Å². The Labute approximate surface area is 94.1 Å². The van der Waals surface area contributed by atoms with E-state index in [2.05, 4.69) is 10.2 Å². The van der Waals surface area contributed by atoms with E-state index in [0.29, 0.717) is 15.9 Å². The quantitative estimate of drug-likeness (QED) is 0.476. The molecule has 1 N–H and O–H groups in total. The van der Waals surface area contributed by atoms with Crippen molar-refractivity contribution in [1.82, 2.24) is 14.7 Å². The minimum atomic E-state index is -1.16. The van der Waals surface area contributed by atoms with Gasteiger partial charge in [0.2, 0.25) is 5.65 Å². The molecule has 0 aliphatic carbocycles. The number of carboxylic acid groups (broad SMARTS) is 1. The Morgan fingerprint density at radius 3 is 2.94 bits per heavy atom. The van der Waals surface area contributed by atoms with E-state index in [1.54, 1.807) is 24.3 Å². The molecule has 7 nitrogen and oxygen atoms in total. The minimum absolute atomic E-state index is 0.0335. The van der Waals surface area contributed by atoms with E-state index < -0.39 is 5.97 Å². The standard InChI is InChI=1S/C10H6N4O3/c15-10(16)6-5-11-13-7-3-1-2-4-8(7)14(17)12-9(6)13/h1-5H,(H,15,16). The zero-order chi connectivity index (χ0) is 12.0. The highest BCUT2D eigenvalue weighted by Gasteiger charge is 2.19. The van der Waals surface area contributed by atoms with Crippen molar-refractivity contribution in [3.63, 3.8) is 0 Å². The Morgan fingerprint density at radius 1 is 1.41 bits per heavy atom. The highest BCUT2D eigenvalue weighted by molar-refractivity contribution is 5.94. The molecule has 0 bridgehead atoms. The van der Waals surface area contributed by atoms with Crippen molar-refractivity contribution in [2.45, 2.75) is 0 Å². The van der Waals surface area contributed by atoms with Crippen LogP contribution in [-0.2, 0) is 0 Å². The maximum atomic E-state index is 11.6. The SMILES string of the molecule is O=C(O)c1cnn2c1n[n+]([O-])c1ccccc12. The molecule has 0 saturated carbocycles. The summed E-state index contributed by atoms with van der Waals surface area (Å²) in [6.07, 6.45) is 1.18. The van der Waals surface area contributed by atoms with Gasteiger partial charge in [0.1, 0.15) is 11.1 Å². The first-order valence-corrected chi connectivity index (χ1v) is 4.78. The molecule has 0 amide bonds. The summed E-state index contributed by atoms with van der Waals surface area (Å²) in [6, 6.07) is 6.71. The molecule has 0 radical (unpaired) electrons. The lowest BCUT2D eigenvalue weighted by Crippen LogP contribution is -2.33. The van der Waals surface area contributed by atoms with Crippen molar-refractivity contribution in [1.29, 1.82) is 0 Å². The first-order valence-electron chi connectivity index (χ1n) is 4.78. The second kappa shape index (κ2) is 3.14. The van der Waals surface area contributed by atoms with Gasteiger partial charge in [-0.1, -0.05) is 12.1 Å². The summed E-state index contributed by atoms with van der Waals surface area (Å²) < 4.78 is 1.34. The van der Waals surface area contributed by atoms with Crippen LogP contribution in [0.3, 0.4) is 0 Å². The first-order chi connectivity index (χ1) is 8.18. The van der Waals surface area contributed by atoms with Gasteiger partial charge in [-0.25, -0.2) is 9.31 Å². The Morgan fingerprint density at radius 2 is 2.18 bits per heavy atom. The van der Waals surface area contributed by atoms with Crippen molar-refractivity contribution in [2.75, 3.05) is 0 Å². The van der Waals surface area contributed by atoms with Gasteiger partial charge in [0.05, 0.1) is 6.20 Å². The molecule has 0 aliphatic heterocycles. The molecule has 3 aromatic rings. The molecular formula is C10H6N4O3. The molecule has 0 aliphatic rings. The zero-order valence-electron chi connectivity index (χ0n) is 8.44. The lowest BCUT2D eigenvalue weighted by atomic mass is 10.3. The molecule has 0 atom stereocenters. The van der Waals surface area contributed by atoms with Crippen molar-refractivity contribution in [2.24, 2.45) is 0 Å². The minimum Gasteiger partial charge on any atom is -0.594 e. The van der Waals surface area contributed by atoms with E-state index in [1.807, 2.05) is 0 Å². The average Bonchev–Trinajstić information content (AvgIpc) is 2.73. The molecule has 7 heteroatoms. The second-order valence-corrected chi connectivity index (χ2v) is 3.46. The summed E-state index contributed by atoms with van der Waals surface area (Å²) in [5, 5.41) is 28.2. The highest BCUT2D eigenvalue weighted by Crippen LogP contribution is 2.13. The molecule has 0 unspecified atom stereocenters. The monoisotopic (exact) mass is 230 g/mol. The Bertz CT molecular complexity index is 750. The van der Waals surface area contributed by atoms with E-state index in [9.17, 15) is 10.0 Å². The molecule has 0 fully saturated rings. The van der Waals surface area contributed by atoms with Crippen LogP contribution in [-0.4, -0.2) is 25.8 Å². The normalized spacial score (nSPS) is 11.1. The van der Waals surface area contributed by atoms with Crippen LogP contribution in [0.15, 0.2) is 30.5 Å². The fourth-order valence-electron chi connectivity index (χ4n) is 1.71. The molecule has 1 aromatic carbocycles. The molecular weight excluding hydrogens is 224 g/mol.